The molecule has 18 heavy (non-hydrogen) atoms. The average Bonchev–Trinajstić information content (AvgIpc) is 2.72. The Morgan fingerprint density at radius 3 is 2.83 bits per heavy atom. The molecule has 0 aliphatic carbocycles. The van der Waals surface area contributed by atoms with Gasteiger partial charge in [0.25, 0.3) is 0 Å². The zero-order chi connectivity index (χ0) is 13.2. The summed E-state index contributed by atoms with van der Waals surface area (Å²) in [5, 5.41) is 0. The van der Waals surface area contributed by atoms with E-state index in [0.717, 1.165) is 29.7 Å². The van der Waals surface area contributed by atoms with E-state index in [1.165, 1.54) is 5.56 Å². The van der Waals surface area contributed by atoms with Crippen LogP contribution in [0.25, 0.3) is 0 Å². The molecular weight excluding hydrogens is 316 g/mol. The van der Waals surface area contributed by atoms with Gasteiger partial charge in [-0.2, -0.15) is 0 Å². The van der Waals surface area contributed by atoms with Crippen molar-refractivity contribution in [3.8, 4) is 5.75 Å². The average molecular weight is 334 g/mol. The van der Waals surface area contributed by atoms with E-state index in [1.54, 1.807) is 7.11 Å². The van der Waals surface area contributed by atoms with E-state index in [0.29, 0.717) is 5.88 Å². The lowest BCUT2D eigenvalue weighted by Crippen LogP contribution is -2.33. The Kier molecular flexibility index (Phi) is 4.57. The Bertz CT molecular complexity index is 424. The second kappa shape index (κ2) is 5.81. The minimum absolute atomic E-state index is 0.0651. The molecule has 0 saturated carbocycles. The Labute approximate surface area is 122 Å². The van der Waals surface area contributed by atoms with Crippen molar-refractivity contribution in [1.29, 1.82) is 0 Å². The number of halogens is 2. The number of benzene rings is 1. The van der Waals surface area contributed by atoms with E-state index < -0.39 is 0 Å². The third-order valence-corrected chi connectivity index (χ3v) is 5.02. The summed E-state index contributed by atoms with van der Waals surface area (Å²) < 4.78 is 11.9. The zero-order valence-electron chi connectivity index (χ0n) is 10.7. The molecule has 1 aliphatic rings. The van der Waals surface area contributed by atoms with Crippen molar-refractivity contribution in [2.75, 3.05) is 19.6 Å². The molecule has 0 radical (unpaired) electrons. The van der Waals surface area contributed by atoms with Crippen LogP contribution < -0.4 is 4.74 Å². The summed E-state index contributed by atoms with van der Waals surface area (Å²) >= 11 is 9.71. The largest absolute Gasteiger partial charge is 0.496 e. The Morgan fingerprint density at radius 1 is 1.56 bits per heavy atom. The molecule has 0 amide bonds. The fourth-order valence-corrected chi connectivity index (χ4v) is 3.53. The summed E-state index contributed by atoms with van der Waals surface area (Å²) in [5.74, 6) is 1.49. The van der Waals surface area contributed by atoms with Crippen molar-refractivity contribution in [3.05, 3.63) is 28.2 Å². The fraction of sp³-hybridized carbons (Fsp3) is 0.571. The van der Waals surface area contributed by atoms with E-state index in [4.69, 9.17) is 21.1 Å². The normalized spacial score (nSPS) is 27.4. The van der Waals surface area contributed by atoms with Gasteiger partial charge in [-0.15, -0.1) is 11.6 Å². The maximum absolute atomic E-state index is 6.19. The molecule has 0 spiro atoms. The van der Waals surface area contributed by atoms with Crippen LogP contribution in [0, 0.1) is 5.41 Å². The number of methoxy groups -OCH3 is 1. The molecule has 1 fully saturated rings. The molecule has 1 aliphatic heterocycles. The maximum Gasteiger partial charge on any atom is 0.133 e. The topological polar surface area (TPSA) is 18.5 Å². The quantitative estimate of drug-likeness (QED) is 0.774. The number of rotatable bonds is 4. The predicted octanol–water partition coefficient (Wildman–Crippen LogP) is 4.03. The molecule has 1 aromatic rings. The summed E-state index contributed by atoms with van der Waals surface area (Å²) in [6.45, 7) is 2.93. The van der Waals surface area contributed by atoms with Crippen molar-refractivity contribution in [3.63, 3.8) is 0 Å². The first-order valence-corrected chi connectivity index (χ1v) is 7.44. The fourth-order valence-electron chi connectivity index (χ4n) is 2.50. The van der Waals surface area contributed by atoms with Gasteiger partial charge >= 0.3 is 0 Å². The summed E-state index contributed by atoms with van der Waals surface area (Å²) in [6.07, 6.45) is 2.19. The van der Waals surface area contributed by atoms with Gasteiger partial charge in [-0.1, -0.05) is 6.07 Å². The highest BCUT2D eigenvalue weighted by atomic mass is 79.9. The minimum Gasteiger partial charge on any atom is -0.496 e. The highest BCUT2D eigenvalue weighted by Crippen LogP contribution is 2.40. The molecule has 2 nitrogen and oxygen atoms in total. The molecule has 0 aromatic heterocycles. The molecule has 1 heterocycles. The van der Waals surface area contributed by atoms with E-state index in [-0.39, 0.29) is 11.5 Å². The molecular formula is C14H18BrClO2. The van der Waals surface area contributed by atoms with E-state index in [1.807, 2.05) is 6.07 Å². The first kappa shape index (κ1) is 14.2. The van der Waals surface area contributed by atoms with Gasteiger partial charge in [0, 0.05) is 17.9 Å². The number of hydrogen-bond donors (Lipinski definition) is 0. The molecule has 2 unspecified atom stereocenters. The van der Waals surface area contributed by atoms with Crippen LogP contribution in [0.3, 0.4) is 0 Å². The first-order valence-electron chi connectivity index (χ1n) is 6.11. The lowest BCUT2D eigenvalue weighted by Gasteiger charge is -2.30. The van der Waals surface area contributed by atoms with Gasteiger partial charge in [0.1, 0.15) is 5.75 Å². The van der Waals surface area contributed by atoms with Crippen LogP contribution >= 0.6 is 27.5 Å². The molecule has 4 heteroatoms. The lowest BCUT2D eigenvalue weighted by molar-refractivity contribution is 0.0735. The van der Waals surface area contributed by atoms with Gasteiger partial charge in [-0.25, -0.2) is 0 Å². The van der Waals surface area contributed by atoms with Crippen molar-refractivity contribution >= 4 is 27.5 Å². The van der Waals surface area contributed by atoms with Crippen LogP contribution in [0.2, 0.25) is 0 Å². The smallest absolute Gasteiger partial charge is 0.133 e. The summed E-state index contributed by atoms with van der Waals surface area (Å²) in [7, 11) is 1.67. The van der Waals surface area contributed by atoms with Crippen molar-refractivity contribution in [2.45, 2.75) is 25.9 Å². The zero-order valence-corrected chi connectivity index (χ0v) is 13.1. The standard InChI is InChI=1S/C14H18BrClO2/c1-10-14(9-16,5-6-18-10)8-11-3-4-13(17-2)12(15)7-11/h3-4,7,10H,5-6,8-9H2,1-2H3. The number of ether oxygens (including phenoxy) is 2. The van der Waals surface area contributed by atoms with Crippen molar-refractivity contribution in [1.82, 2.24) is 0 Å². The summed E-state index contributed by atoms with van der Waals surface area (Å²) in [6, 6.07) is 6.20. The number of hydrogen-bond acceptors (Lipinski definition) is 2. The van der Waals surface area contributed by atoms with Crippen molar-refractivity contribution in [2.24, 2.45) is 5.41 Å². The van der Waals surface area contributed by atoms with Crippen LogP contribution in [-0.2, 0) is 11.2 Å². The minimum atomic E-state index is 0.0651. The van der Waals surface area contributed by atoms with Gasteiger partial charge in [-0.05, 0) is 53.4 Å². The van der Waals surface area contributed by atoms with E-state index in [2.05, 4.69) is 35.0 Å². The Balaban J connectivity index is 2.20. The summed E-state index contributed by atoms with van der Waals surface area (Å²) in [5.41, 5.74) is 1.33. The number of alkyl halides is 1. The lowest BCUT2D eigenvalue weighted by atomic mass is 9.78. The van der Waals surface area contributed by atoms with Crippen LogP contribution in [0.1, 0.15) is 18.9 Å². The Morgan fingerprint density at radius 2 is 2.33 bits per heavy atom. The van der Waals surface area contributed by atoms with E-state index >= 15 is 0 Å². The molecule has 2 rings (SSSR count). The molecule has 100 valence electrons. The highest BCUT2D eigenvalue weighted by Gasteiger charge is 2.40. The predicted molar refractivity (Wildman–Crippen MR) is 77.6 cm³/mol. The van der Waals surface area contributed by atoms with Crippen LogP contribution in [0.5, 0.6) is 5.75 Å². The van der Waals surface area contributed by atoms with Gasteiger partial charge < -0.3 is 9.47 Å². The van der Waals surface area contributed by atoms with Gasteiger partial charge in [0.05, 0.1) is 17.7 Å². The molecule has 2 atom stereocenters. The highest BCUT2D eigenvalue weighted by molar-refractivity contribution is 9.10. The van der Waals surface area contributed by atoms with Crippen molar-refractivity contribution < 1.29 is 9.47 Å². The summed E-state index contributed by atoms with van der Waals surface area (Å²) in [4.78, 5) is 0. The third kappa shape index (κ3) is 2.68. The Hall–Kier alpha value is -0.250. The van der Waals surface area contributed by atoms with Gasteiger partial charge in [0.15, 0.2) is 0 Å². The van der Waals surface area contributed by atoms with Gasteiger partial charge in [0.2, 0.25) is 0 Å². The third-order valence-electron chi connectivity index (χ3n) is 3.87. The molecule has 1 aromatic carbocycles. The monoisotopic (exact) mass is 332 g/mol. The van der Waals surface area contributed by atoms with Crippen LogP contribution in [0.15, 0.2) is 22.7 Å². The van der Waals surface area contributed by atoms with Crippen LogP contribution in [0.4, 0.5) is 0 Å². The molecule has 0 bridgehead atoms. The second-order valence-corrected chi connectivity index (χ2v) is 6.03. The first-order chi connectivity index (χ1) is 8.61. The second-order valence-electron chi connectivity index (χ2n) is 4.90. The molecule has 0 N–H and O–H groups in total. The van der Waals surface area contributed by atoms with Crippen LogP contribution in [-0.4, -0.2) is 25.7 Å². The maximum atomic E-state index is 6.19. The van der Waals surface area contributed by atoms with Gasteiger partial charge in [-0.3, -0.25) is 0 Å². The van der Waals surface area contributed by atoms with E-state index in [9.17, 15) is 0 Å². The SMILES string of the molecule is COc1ccc(CC2(CCl)CCOC2C)cc1Br. The molecule has 1 saturated heterocycles.